The smallest absolute Gasteiger partial charge is 0.261 e. The molecule has 0 bridgehead atoms. The number of methoxy groups -OCH3 is 1. The average molecular weight is 319 g/mol. The largest absolute Gasteiger partial charge is 0.496 e. The molecule has 0 unspecified atom stereocenters. The summed E-state index contributed by atoms with van der Waals surface area (Å²) in [5.41, 5.74) is 3.34. The first kappa shape index (κ1) is 14.6. The first-order valence-corrected chi connectivity index (χ1v) is 7.07. The summed E-state index contributed by atoms with van der Waals surface area (Å²) >= 11 is 6.05. The van der Waals surface area contributed by atoms with Crippen LogP contribution >= 0.6 is 11.6 Å². The van der Waals surface area contributed by atoms with Crippen molar-refractivity contribution in [2.45, 2.75) is 13.8 Å². The summed E-state index contributed by atoms with van der Waals surface area (Å²) < 4.78 is 12.5. The van der Waals surface area contributed by atoms with Gasteiger partial charge in [0.15, 0.2) is 0 Å². The molecular formula is C15H15ClN4O2. The van der Waals surface area contributed by atoms with Crippen molar-refractivity contribution in [1.82, 2.24) is 19.9 Å². The average Bonchev–Trinajstić information content (AvgIpc) is 3.05. The van der Waals surface area contributed by atoms with E-state index in [9.17, 15) is 0 Å². The highest BCUT2D eigenvalue weighted by Gasteiger charge is 2.20. The van der Waals surface area contributed by atoms with Gasteiger partial charge in [0.2, 0.25) is 5.82 Å². The van der Waals surface area contributed by atoms with Gasteiger partial charge in [0.25, 0.3) is 5.89 Å². The number of rotatable bonds is 3. The zero-order valence-corrected chi connectivity index (χ0v) is 13.5. The van der Waals surface area contributed by atoms with Crippen LogP contribution in [0.15, 0.2) is 22.7 Å². The first-order chi connectivity index (χ1) is 10.5. The first-order valence-electron chi connectivity index (χ1n) is 6.69. The molecule has 3 rings (SSSR count). The molecule has 0 aliphatic carbocycles. The Labute approximate surface area is 132 Å². The fourth-order valence-electron chi connectivity index (χ4n) is 2.37. The number of benzene rings is 1. The molecule has 0 aliphatic rings. The van der Waals surface area contributed by atoms with Gasteiger partial charge in [-0.3, -0.25) is 4.68 Å². The van der Waals surface area contributed by atoms with Gasteiger partial charge in [-0.2, -0.15) is 10.1 Å². The molecule has 0 saturated carbocycles. The van der Waals surface area contributed by atoms with Crippen LogP contribution in [0.1, 0.15) is 11.4 Å². The van der Waals surface area contributed by atoms with Crippen molar-refractivity contribution in [3.8, 4) is 28.6 Å². The number of halogens is 1. The van der Waals surface area contributed by atoms with E-state index in [0.29, 0.717) is 28.1 Å². The molecular weight excluding hydrogens is 304 g/mol. The highest BCUT2D eigenvalue weighted by atomic mass is 35.5. The lowest BCUT2D eigenvalue weighted by Crippen LogP contribution is -1.92. The number of hydrogen-bond acceptors (Lipinski definition) is 5. The van der Waals surface area contributed by atoms with Crippen molar-refractivity contribution in [2.24, 2.45) is 7.05 Å². The molecule has 0 saturated heterocycles. The zero-order chi connectivity index (χ0) is 15.9. The molecule has 114 valence electrons. The lowest BCUT2D eigenvalue weighted by molar-refractivity contribution is 0.413. The SMILES string of the molecule is COc1ccc(Cl)cc1-c1noc(-c2c(C)nn(C)c2C)n1. The van der Waals surface area contributed by atoms with Crippen LogP contribution in [0.4, 0.5) is 0 Å². The van der Waals surface area contributed by atoms with E-state index in [1.54, 1.807) is 30.0 Å². The summed E-state index contributed by atoms with van der Waals surface area (Å²) in [5.74, 6) is 1.49. The highest BCUT2D eigenvalue weighted by Crippen LogP contribution is 2.33. The topological polar surface area (TPSA) is 66.0 Å². The fourth-order valence-corrected chi connectivity index (χ4v) is 2.54. The molecule has 0 spiro atoms. The molecule has 0 fully saturated rings. The van der Waals surface area contributed by atoms with Gasteiger partial charge in [-0.15, -0.1) is 0 Å². The molecule has 22 heavy (non-hydrogen) atoms. The van der Waals surface area contributed by atoms with Crippen molar-refractivity contribution >= 4 is 11.6 Å². The van der Waals surface area contributed by atoms with E-state index in [1.165, 1.54) is 0 Å². The van der Waals surface area contributed by atoms with E-state index in [4.69, 9.17) is 20.9 Å². The summed E-state index contributed by atoms with van der Waals surface area (Å²) in [4.78, 5) is 4.47. The second-order valence-electron chi connectivity index (χ2n) is 4.94. The lowest BCUT2D eigenvalue weighted by Gasteiger charge is -2.04. The maximum Gasteiger partial charge on any atom is 0.261 e. The third kappa shape index (κ3) is 2.35. The monoisotopic (exact) mass is 318 g/mol. The number of aryl methyl sites for hydroxylation is 2. The van der Waals surface area contributed by atoms with Gasteiger partial charge in [0, 0.05) is 17.8 Å². The summed E-state index contributed by atoms with van der Waals surface area (Å²) in [6.45, 7) is 3.87. The minimum Gasteiger partial charge on any atom is -0.496 e. The van der Waals surface area contributed by atoms with E-state index in [2.05, 4.69) is 15.2 Å². The third-order valence-corrected chi connectivity index (χ3v) is 3.79. The molecule has 7 heteroatoms. The minimum absolute atomic E-state index is 0.428. The Morgan fingerprint density at radius 3 is 2.68 bits per heavy atom. The van der Waals surface area contributed by atoms with E-state index in [-0.39, 0.29) is 0 Å². The van der Waals surface area contributed by atoms with Crippen LogP contribution in [0, 0.1) is 13.8 Å². The molecule has 0 N–H and O–H groups in total. The number of hydrogen-bond donors (Lipinski definition) is 0. The van der Waals surface area contributed by atoms with Crippen molar-refractivity contribution in [3.05, 3.63) is 34.6 Å². The van der Waals surface area contributed by atoms with E-state index >= 15 is 0 Å². The lowest BCUT2D eigenvalue weighted by atomic mass is 10.2. The molecule has 1 aromatic carbocycles. The summed E-state index contributed by atoms with van der Waals surface area (Å²) in [5, 5.41) is 8.98. The maximum absolute atomic E-state index is 6.05. The number of aromatic nitrogens is 4. The van der Waals surface area contributed by atoms with Crippen LogP contribution in [0.3, 0.4) is 0 Å². The van der Waals surface area contributed by atoms with Crippen molar-refractivity contribution in [3.63, 3.8) is 0 Å². The van der Waals surface area contributed by atoms with Gasteiger partial charge in [-0.1, -0.05) is 16.8 Å². The molecule has 6 nitrogen and oxygen atoms in total. The predicted molar refractivity (Wildman–Crippen MR) is 83.0 cm³/mol. The second kappa shape index (κ2) is 5.46. The summed E-state index contributed by atoms with van der Waals surface area (Å²) in [7, 11) is 3.46. The van der Waals surface area contributed by atoms with Gasteiger partial charge in [-0.25, -0.2) is 0 Å². The molecule has 0 atom stereocenters. The standard InChI is InChI=1S/C15H15ClN4O2/c1-8-13(9(2)20(3)18-8)15-17-14(19-22-15)11-7-10(16)5-6-12(11)21-4/h5-7H,1-4H3. The van der Waals surface area contributed by atoms with Gasteiger partial charge >= 0.3 is 0 Å². The van der Waals surface area contributed by atoms with Gasteiger partial charge < -0.3 is 9.26 Å². The Kier molecular flexibility index (Phi) is 3.62. The van der Waals surface area contributed by atoms with Gasteiger partial charge in [0.05, 0.1) is 23.9 Å². The minimum atomic E-state index is 0.428. The van der Waals surface area contributed by atoms with Crippen LogP contribution in [0.25, 0.3) is 22.8 Å². The summed E-state index contributed by atoms with van der Waals surface area (Å²) in [6, 6.07) is 5.27. The number of ether oxygens (including phenoxy) is 1. The van der Waals surface area contributed by atoms with E-state index < -0.39 is 0 Å². The third-order valence-electron chi connectivity index (χ3n) is 3.55. The molecule has 0 amide bonds. The Morgan fingerprint density at radius 2 is 2.05 bits per heavy atom. The van der Waals surface area contributed by atoms with Crippen LogP contribution in [0.2, 0.25) is 5.02 Å². The Hall–Kier alpha value is -2.34. The zero-order valence-electron chi connectivity index (χ0n) is 12.7. The van der Waals surface area contributed by atoms with Crippen LogP contribution in [-0.2, 0) is 7.05 Å². The Morgan fingerprint density at radius 1 is 1.27 bits per heavy atom. The summed E-state index contributed by atoms with van der Waals surface area (Å²) in [6.07, 6.45) is 0. The van der Waals surface area contributed by atoms with Crippen molar-refractivity contribution < 1.29 is 9.26 Å². The second-order valence-corrected chi connectivity index (χ2v) is 5.37. The highest BCUT2D eigenvalue weighted by molar-refractivity contribution is 6.30. The number of nitrogens with zero attached hydrogens (tertiary/aromatic N) is 4. The van der Waals surface area contributed by atoms with Gasteiger partial charge in [0.1, 0.15) is 5.75 Å². The predicted octanol–water partition coefficient (Wildman–Crippen LogP) is 3.42. The molecule has 2 aromatic heterocycles. The van der Waals surface area contributed by atoms with Crippen LogP contribution in [-0.4, -0.2) is 27.0 Å². The normalized spacial score (nSPS) is 11.0. The molecule has 0 radical (unpaired) electrons. The Balaban J connectivity index is 2.10. The molecule has 0 aliphatic heterocycles. The quantitative estimate of drug-likeness (QED) is 0.740. The molecule has 3 aromatic rings. The van der Waals surface area contributed by atoms with Crippen LogP contribution < -0.4 is 4.74 Å². The maximum atomic E-state index is 6.05. The fraction of sp³-hybridized carbons (Fsp3) is 0.267. The van der Waals surface area contributed by atoms with Gasteiger partial charge in [-0.05, 0) is 32.0 Å². The van der Waals surface area contributed by atoms with Crippen LogP contribution in [0.5, 0.6) is 5.75 Å². The Bertz CT molecular complexity index is 838. The van der Waals surface area contributed by atoms with Crippen molar-refractivity contribution in [1.29, 1.82) is 0 Å². The van der Waals surface area contributed by atoms with E-state index in [1.807, 2.05) is 20.9 Å². The van der Waals surface area contributed by atoms with Crippen molar-refractivity contribution in [2.75, 3.05) is 7.11 Å². The van der Waals surface area contributed by atoms with E-state index in [0.717, 1.165) is 17.0 Å². The molecule has 2 heterocycles.